The summed E-state index contributed by atoms with van der Waals surface area (Å²) in [6.07, 6.45) is -4.65. The summed E-state index contributed by atoms with van der Waals surface area (Å²) < 4.78 is 44.1. The van der Waals surface area contributed by atoms with Crippen molar-refractivity contribution >= 4 is 51.6 Å². The second kappa shape index (κ2) is 11.5. The fraction of sp³-hybridized carbons (Fsp3) is 0.261. The topological polar surface area (TPSA) is 110 Å². The highest BCUT2D eigenvalue weighted by Crippen LogP contribution is 2.35. The van der Waals surface area contributed by atoms with Crippen LogP contribution in [0.15, 0.2) is 41.6 Å². The molecule has 0 radical (unpaired) electrons. The molecule has 0 aliphatic heterocycles. The number of rotatable bonds is 8. The van der Waals surface area contributed by atoms with Crippen LogP contribution in [0.25, 0.3) is 0 Å². The molecule has 0 aliphatic carbocycles. The Hall–Kier alpha value is -3.45. The smallest absolute Gasteiger partial charge is 0.433 e. The van der Waals surface area contributed by atoms with E-state index in [4.69, 9.17) is 4.74 Å². The molecular formula is C23H21F3N4O4S2. The lowest BCUT2D eigenvalue weighted by molar-refractivity contribution is -0.141. The van der Waals surface area contributed by atoms with E-state index in [1.165, 1.54) is 6.92 Å². The van der Waals surface area contributed by atoms with Gasteiger partial charge < -0.3 is 15.4 Å². The van der Waals surface area contributed by atoms with Crippen molar-refractivity contribution in [3.05, 3.63) is 63.8 Å². The van der Waals surface area contributed by atoms with Gasteiger partial charge in [0, 0.05) is 11.4 Å². The summed E-state index contributed by atoms with van der Waals surface area (Å²) >= 11 is 1.59. The maximum absolute atomic E-state index is 13.0. The van der Waals surface area contributed by atoms with Crippen molar-refractivity contribution < 1.29 is 32.3 Å². The molecule has 2 amide bonds. The van der Waals surface area contributed by atoms with Gasteiger partial charge in [-0.25, -0.2) is 14.8 Å². The van der Waals surface area contributed by atoms with Crippen LogP contribution in [-0.4, -0.2) is 40.1 Å². The third-order valence-corrected chi connectivity index (χ3v) is 6.61. The Morgan fingerprint density at radius 2 is 1.78 bits per heavy atom. The first-order valence-corrected chi connectivity index (χ1v) is 12.3. The second-order valence-corrected chi connectivity index (χ2v) is 9.28. The quantitative estimate of drug-likeness (QED) is 0.227. The molecule has 0 saturated heterocycles. The predicted molar refractivity (Wildman–Crippen MR) is 131 cm³/mol. The van der Waals surface area contributed by atoms with Gasteiger partial charge in [-0.15, -0.1) is 11.3 Å². The number of aryl methyl sites for hydroxylation is 1. The van der Waals surface area contributed by atoms with E-state index in [-0.39, 0.29) is 38.7 Å². The van der Waals surface area contributed by atoms with Gasteiger partial charge in [0.1, 0.15) is 15.6 Å². The highest BCUT2D eigenvalue weighted by atomic mass is 32.2. The summed E-state index contributed by atoms with van der Waals surface area (Å²) in [5, 5.41) is 5.18. The van der Waals surface area contributed by atoms with Crippen molar-refractivity contribution in [1.82, 2.24) is 9.97 Å². The zero-order valence-corrected chi connectivity index (χ0v) is 21.0. The van der Waals surface area contributed by atoms with E-state index >= 15 is 0 Å². The molecule has 8 nitrogen and oxygen atoms in total. The molecule has 0 unspecified atom stereocenters. The Morgan fingerprint density at radius 1 is 1.08 bits per heavy atom. The normalized spacial score (nSPS) is 11.2. The number of esters is 1. The van der Waals surface area contributed by atoms with Crippen molar-refractivity contribution in [2.24, 2.45) is 0 Å². The fourth-order valence-corrected chi connectivity index (χ4v) is 4.84. The SMILES string of the molecule is CCOC(=O)c1sc(NC(=O)CSc2nc(C)cc(C(F)(F)F)n2)c(C(=O)Nc2ccccc2)c1C. The first-order chi connectivity index (χ1) is 17.0. The Labute approximate surface area is 212 Å². The van der Waals surface area contributed by atoms with E-state index in [1.807, 2.05) is 0 Å². The molecule has 190 valence electrons. The summed E-state index contributed by atoms with van der Waals surface area (Å²) in [5.74, 6) is -2.14. The molecule has 36 heavy (non-hydrogen) atoms. The van der Waals surface area contributed by atoms with Crippen molar-refractivity contribution in [2.45, 2.75) is 32.1 Å². The second-order valence-electron chi connectivity index (χ2n) is 7.31. The zero-order valence-electron chi connectivity index (χ0n) is 19.4. The number of nitrogens with one attached hydrogen (secondary N) is 2. The summed E-state index contributed by atoms with van der Waals surface area (Å²) in [6.45, 7) is 4.72. The molecule has 0 aliphatic rings. The third kappa shape index (κ3) is 6.82. The number of thioether (sulfide) groups is 1. The summed E-state index contributed by atoms with van der Waals surface area (Å²) in [5.41, 5.74) is -0.0856. The Kier molecular flexibility index (Phi) is 8.69. The van der Waals surface area contributed by atoms with Crippen molar-refractivity contribution in [3.8, 4) is 0 Å². The van der Waals surface area contributed by atoms with E-state index in [0.717, 1.165) is 17.4 Å². The minimum Gasteiger partial charge on any atom is -0.462 e. The van der Waals surface area contributed by atoms with E-state index < -0.39 is 29.7 Å². The summed E-state index contributed by atoms with van der Waals surface area (Å²) in [6, 6.07) is 9.42. The lowest BCUT2D eigenvalue weighted by atomic mass is 10.1. The van der Waals surface area contributed by atoms with Gasteiger partial charge in [0.2, 0.25) is 5.91 Å². The molecule has 2 N–H and O–H groups in total. The van der Waals surface area contributed by atoms with Gasteiger partial charge in [-0.3, -0.25) is 9.59 Å². The van der Waals surface area contributed by atoms with Gasteiger partial charge in [-0.2, -0.15) is 13.2 Å². The number of anilines is 2. The van der Waals surface area contributed by atoms with Crippen LogP contribution in [0.5, 0.6) is 0 Å². The maximum atomic E-state index is 13.0. The van der Waals surface area contributed by atoms with E-state index in [1.54, 1.807) is 44.2 Å². The van der Waals surface area contributed by atoms with Crippen LogP contribution < -0.4 is 10.6 Å². The highest BCUT2D eigenvalue weighted by Gasteiger charge is 2.33. The van der Waals surface area contributed by atoms with Gasteiger partial charge in [0.05, 0.1) is 17.9 Å². The number of ether oxygens (including phenoxy) is 1. The molecule has 2 aromatic heterocycles. The number of aromatic nitrogens is 2. The number of benzene rings is 1. The number of amides is 2. The summed E-state index contributed by atoms with van der Waals surface area (Å²) in [7, 11) is 0. The van der Waals surface area contributed by atoms with Crippen molar-refractivity contribution in [2.75, 3.05) is 23.0 Å². The van der Waals surface area contributed by atoms with E-state index in [0.29, 0.717) is 23.0 Å². The molecule has 3 aromatic rings. The Morgan fingerprint density at radius 3 is 2.42 bits per heavy atom. The van der Waals surface area contributed by atoms with Crippen LogP contribution in [0.2, 0.25) is 0 Å². The van der Waals surface area contributed by atoms with Gasteiger partial charge in [-0.05, 0) is 44.5 Å². The van der Waals surface area contributed by atoms with Crippen LogP contribution >= 0.6 is 23.1 Å². The zero-order chi connectivity index (χ0) is 26.5. The number of alkyl halides is 3. The molecule has 13 heteroatoms. The van der Waals surface area contributed by atoms with Gasteiger partial charge >= 0.3 is 12.1 Å². The minimum absolute atomic E-state index is 0.0800. The van der Waals surface area contributed by atoms with Crippen LogP contribution in [0.1, 0.15) is 43.9 Å². The number of carbonyl (C=O) groups is 3. The highest BCUT2D eigenvalue weighted by molar-refractivity contribution is 7.99. The van der Waals surface area contributed by atoms with E-state index in [9.17, 15) is 27.6 Å². The van der Waals surface area contributed by atoms with Crippen LogP contribution in [0.3, 0.4) is 0 Å². The number of hydrogen-bond acceptors (Lipinski definition) is 8. The number of halogens is 3. The molecular weight excluding hydrogens is 517 g/mol. The molecule has 0 fully saturated rings. The summed E-state index contributed by atoms with van der Waals surface area (Å²) in [4.78, 5) is 45.6. The average Bonchev–Trinajstić information content (AvgIpc) is 3.13. The number of hydrogen-bond donors (Lipinski definition) is 2. The number of para-hydroxylation sites is 1. The monoisotopic (exact) mass is 538 g/mol. The molecule has 0 spiro atoms. The standard InChI is InChI=1S/C23H21F3N4O4S2/c1-4-34-21(33)18-13(3)17(19(32)28-14-8-6-5-7-9-14)20(36-18)30-16(31)11-35-22-27-12(2)10-15(29-22)23(24,25)26/h5-10H,4,11H2,1-3H3,(H,28,32)(H,30,31). The van der Waals surface area contributed by atoms with Crippen LogP contribution in [0, 0.1) is 13.8 Å². The molecule has 0 bridgehead atoms. The molecule has 0 atom stereocenters. The molecule has 1 aromatic carbocycles. The number of carbonyl (C=O) groups excluding carboxylic acids is 3. The molecule has 2 heterocycles. The fourth-order valence-electron chi connectivity index (χ4n) is 3.03. The van der Waals surface area contributed by atoms with Gasteiger partial charge in [0.25, 0.3) is 5.91 Å². The lowest BCUT2D eigenvalue weighted by Crippen LogP contribution is -2.19. The Bertz CT molecular complexity index is 1280. The number of thiophene rings is 1. The average molecular weight is 539 g/mol. The van der Waals surface area contributed by atoms with Crippen LogP contribution in [0.4, 0.5) is 23.9 Å². The van der Waals surface area contributed by atoms with Gasteiger partial charge in [-0.1, -0.05) is 30.0 Å². The first kappa shape index (κ1) is 27.1. The Balaban J connectivity index is 1.82. The minimum atomic E-state index is -4.65. The third-order valence-electron chi connectivity index (χ3n) is 4.58. The lowest BCUT2D eigenvalue weighted by Gasteiger charge is -2.10. The van der Waals surface area contributed by atoms with Crippen molar-refractivity contribution in [1.29, 1.82) is 0 Å². The van der Waals surface area contributed by atoms with E-state index in [2.05, 4.69) is 20.6 Å². The maximum Gasteiger partial charge on any atom is 0.433 e. The number of nitrogens with zero attached hydrogens (tertiary/aromatic N) is 2. The van der Waals surface area contributed by atoms with Crippen molar-refractivity contribution in [3.63, 3.8) is 0 Å². The molecule has 0 saturated carbocycles. The largest absolute Gasteiger partial charge is 0.462 e. The van der Waals surface area contributed by atoms with Crippen LogP contribution in [-0.2, 0) is 15.7 Å². The first-order valence-electron chi connectivity index (χ1n) is 10.5. The van der Waals surface area contributed by atoms with Gasteiger partial charge in [0.15, 0.2) is 5.16 Å². The molecule has 3 rings (SSSR count). The predicted octanol–water partition coefficient (Wildman–Crippen LogP) is 5.33.